The maximum absolute atomic E-state index is 2.35. The summed E-state index contributed by atoms with van der Waals surface area (Å²) in [4.78, 5) is 2.35. The van der Waals surface area contributed by atoms with E-state index in [0.717, 1.165) is 13.0 Å². The molecule has 1 aromatic carbocycles. The van der Waals surface area contributed by atoms with Gasteiger partial charge in [0, 0.05) is 6.54 Å². The van der Waals surface area contributed by atoms with Crippen LogP contribution < -0.4 is 0 Å². The minimum atomic E-state index is 0.457. The van der Waals surface area contributed by atoms with Crippen LogP contribution in [0.2, 0.25) is 0 Å². The number of hydrogen-bond donors (Lipinski definition) is 0. The molecule has 0 bridgehead atoms. The second-order valence-electron chi connectivity index (χ2n) is 3.98. The number of benzene rings is 1. The monoisotopic (exact) mass is 197 g/mol. The van der Waals surface area contributed by atoms with Gasteiger partial charge in [0.25, 0.3) is 6.85 Å². The molecule has 2 heteroatoms. The molecule has 0 saturated heterocycles. The first-order chi connectivity index (χ1) is 7.36. The maximum atomic E-state index is 2.35. The standard InChI is InChI=1S/C13H16BN/c1-15(14-10-6-3-7-11-14)12-13-8-4-2-5-9-13/h2,4-11H,3,12H2,1H3. The van der Waals surface area contributed by atoms with Crippen LogP contribution in [0.5, 0.6) is 0 Å². The SMILES string of the molecule is CN(Cc1ccccc1)B1C=CCC=C1. The fourth-order valence-electron chi connectivity index (χ4n) is 1.85. The topological polar surface area (TPSA) is 3.24 Å². The highest BCUT2D eigenvalue weighted by molar-refractivity contribution is 6.66. The number of rotatable bonds is 3. The summed E-state index contributed by atoms with van der Waals surface area (Å²) >= 11 is 0. The second-order valence-corrected chi connectivity index (χ2v) is 3.98. The van der Waals surface area contributed by atoms with Gasteiger partial charge in [0.15, 0.2) is 0 Å². The van der Waals surface area contributed by atoms with Gasteiger partial charge in [-0.25, -0.2) is 0 Å². The molecule has 0 spiro atoms. The summed E-state index contributed by atoms with van der Waals surface area (Å²) in [7, 11) is 2.16. The molecule has 76 valence electrons. The Bertz CT molecular complexity index is 344. The Morgan fingerprint density at radius 2 is 1.80 bits per heavy atom. The normalized spacial score (nSPS) is 14.9. The van der Waals surface area contributed by atoms with Gasteiger partial charge >= 0.3 is 0 Å². The molecular weight excluding hydrogens is 181 g/mol. The summed E-state index contributed by atoms with van der Waals surface area (Å²) in [5.41, 5.74) is 1.37. The zero-order valence-electron chi connectivity index (χ0n) is 9.13. The van der Waals surface area contributed by atoms with E-state index in [1.54, 1.807) is 0 Å². The smallest absolute Gasteiger partial charge is 0.276 e. The van der Waals surface area contributed by atoms with Gasteiger partial charge in [0.1, 0.15) is 0 Å². The van der Waals surface area contributed by atoms with Gasteiger partial charge in [-0.15, -0.1) is 0 Å². The lowest BCUT2D eigenvalue weighted by Gasteiger charge is -2.21. The first-order valence-electron chi connectivity index (χ1n) is 5.44. The molecule has 0 saturated carbocycles. The van der Waals surface area contributed by atoms with Crippen LogP contribution in [0.4, 0.5) is 0 Å². The summed E-state index contributed by atoms with van der Waals surface area (Å²) in [5, 5.41) is 0. The molecule has 0 fully saturated rings. The van der Waals surface area contributed by atoms with Gasteiger partial charge in [0.2, 0.25) is 0 Å². The summed E-state index contributed by atoms with van der Waals surface area (Å²) in [6.07, 6.45) is 5.54. The van der Waals surface area contributed by atoms with Crippen LogP contribution in [0.25, 0.3) is 0 Å². The third-order valence-corrected chi connectivity index (χ3v) is 2.72. The molecule has 0 atom stereocenters. The molecule has 0 unspecified atom stereocenters. The van der Waals surface area contributed by atoms with Crippen molar-refractivity contribution in [2.75, 3.05) is 7.05 Å². The molecule has 0 aliphatic carbocycles. The lowest BCUT2D eigenvalue weighted by molar-refractivity contribution is 0.526. The maximum Gasteiger partial charge on any atom is 0.276 e. The molecule has 1 heterocycles. The first-order valence-corrected chi connectivity index (χ1v) is 5.44. The van der Waals surface area contributed by atoms with Gasteiger partial charge in [-0.3, -0.25) is 0 Å². The molecule has 1 aromatic rings. The Labute approximate surface area is 92.2 Å². The largest absolute Gasteiger partial charge is 0.334 e. The van der Waals surface area contributed by atoms with Gasteiger partial charge in [-0.2, -0.15) is 0 Å². The number of nitrogens with zero attached hydrogens (tertiary/aromatic N) is 1. The minimum absolute atomic E-state index is 0.457. The average Bonchev–Trinajstić information content (AvgIpc) is 2.31. The van der Waals surface area contributed by atoms with Gasteiger partial charge in [-0.1, -0.05) is 54.4 Å². The summed E-state index contributed by atoms with van der Waals surface area (Å²) in [5.74, 6) is 4.53. The molecule has 1 aliphatic rings. The van der Waals surface area contributed by atoms with E-state index in [4.69, 9.17) is 0 Å². The lowest BCUT2D eigenvalue weighted by atomic mass is 9.58. The molecule has 15 heavy (non-hydrogen) atoms. The highest BCUT2D eigenvalue weighted by atomic mass is 15.0. The third kappa shape index (κ3) is 2.83. The Kier molecular flexibility index (Phi) is 3.41. The first kappa shape index (κ1) is 10.2. The Morgan fingerprint density at radius 3 is 2.47 bits per heavy atom. The summed E-state index contributed by atoms with van der Waals surface area (Å²) in [6, 6.07) is 10.6. The quantitative estimate of drug-likeness (QED) is 0.673. The van der Waals surface area contributed by atoms with Gasteiger partial charge < -0.3 is 4.81 Å². The van der Waals surface area contributed by atoms with Crippen LogP contribution >= 0.6 is 0 Å². The van der Waals surface area contributed by atoms with Crippen LogP contribution in [-0.4, -0.2) is 18.7 Å². The summed E-state index contributed by atoms with van der Waals surface area (Å²) in [6.45, 7) is 1.46. The number of hydrogen-bond acceptors (Lipinski definition) is 1. The minimum Gasteiger partial charge on any atom is -0.334 e. The van der Waals surface area contributed by atoms with Crippen molar-refractivity contribution in [1.82, 2.24) is 4.81 Å². The molecule has 1 aliphatic heterocycles. The highest BCUT2D eigenvalue weighted by Crippen LogP contribution is 2.08. The van der Waals surface area contributed by atoms with Gasteiger partial charge in [-0.05, 0) is 19.0 Å². The van der Waals surface area contributed by atoms with Crippen molar-refractivity contribution in [1.29, 1.82) is 0 Å². The lowest BCUT2D eigenvalue weighted by Crippen LogP contribution is -2.33. The van der Waals surface area contributed by atoms with Crippen LogP contribution in [0.15, 0.2) is 54.4 Å². The zero-order chi connectivity index (χ0) is 10.5. The third-order valence-electron chi connectivity index (χ3n) is 2.72. The molecule has 1 nitrogen and oxygen atoms in total. The molecule has 0 aromatic heterocycles. The van der Waals surface area contributed by atoms with E-state index in [1.807, 2.05) is 0 Å². The Balaban J connectivity index is 1.97. The molecule has 0 radical (unpaired) electrons. The van der Waals surface area contributed by atoms with E-state index >= 15 is 0 Å². The van der Waals surface area contributed by atoms with E-state index in [-0.39, 0.29) is 0 Å². The van der Waals surface area contributed by atoms with Crippen LogP contribution in [-0.2, 0) is 6.54 Å². The Hall–Kier alpha value is -1.28. The summed E-state index contributed by atoms with van der Waals surface area (Å²) < 4.78 is 0. The van der Waals surface area contributed by atoms with Gasteiger partial charge in [0.05, 0.1) is 0 Å². The van der Waals surface area contributed by atoms with Crippen molar-refractivity contribution in [2.45, 2.75) is 13.0 Å². The number of allylic oxidation sites excluding steroid dienone is 2. The van der Waals surface area contributed by atoms with Crippen LogP contribution in [0.1, 0.15) is 12.0 Å². The molecular formula is C13H16BN. The molecule has 0 amide bonds. The van der Waals surface area contributed by atoms with E-state index in [2.05, 4.69) is 66.3 Å². The predicted octanol–water partition coefficient (Wildman–Crippen LogP) is 2.70. The van der Waals surface area contributed by atoms with Crippen molar-refractivity contribution in [3.63, 3.8) is 0 Å². The zero-order valence-corrected chi connectivity index (χ0v) is 9.13. The molecule has 0 N–H and O–H groups in total. The van der Waals surface area contributed by atoms with E-state index < -0.39 is 0 Å². The van der Waals surface area contributed by atoms with Crippen LogP contribution in [0.3, 0.4) is 0 Å². The van der Waals surface area contributed by atoms with E-state index in [0.29, 0.717) is 6.85 Å². The fraction of sp³-hybridized carbons (Fsp3) is 0.231. The van der Waals surface area contributed by atoms with E-state index in [9.17, 15) is 0 Å². The second kappa shape index (κ2) is 4.99. The van der Waals surface area contributed by atoms with Crippen LogP contribution in [0, 0.1) is 0 Å². The molecule has 2 rings (SSSR count). The average molecular weight is 197 g/mol. The van der Waals surface area contributed by atoms with Crippen molar-refractivity contribution in [2.24, 2.45) is 0 Å². The van der Waals surface area contributed by atoms with Crippen molar-refractivity contribution < 1.29 is 0 Å². The predicted molar refractivity (Wildman–Crippen MR) is 66.6 cm³/mol. The fourth-order valence-corrected chi connectivity index (χ4v) is 1.85. The van der Waals surface area contributed by atoms with E-state index in [1.165, 1.54) is 5.56 Å². The van der Waals surface area contributed by atoms with Crippen molar-refractivity contribution >= 4 is 6.85 Å². The van der Waals surface area contributed by atoms with Crippen molar-refractivity contribution in [3.8, 4) is 0 Å². The highest BCUT2D eigenvalue weighted by Gasteiger charge is 2.14. The Morgan fingerprint density at radius 1 is 1.13 bits per heavy atom. The van der Waals surface area contributed by atoms with Crippen molar-refractivity contribution in [3.05, 3.63) is 60.0 Å².